The van der Waals surface area contributed by atoms with Gasteiger partial charge in [0.1, 0.15) is 6.10 Å². The Kier molecular flexibility index (Phi) is 10.7. The molecule has 0 spiro atoms. The van der Waals surface area contributed by atoms with Gasteiger partial charge in [0.15, 0.2) is 0 Å². The maximum atomic E-state index is 13.1. The topological polar surface area (TPSA) is 163 Å². The molecule has 0 aliphatic rings. The van der Waals surface area contributed by atoms with Crippen LogP contribution in [0.2, 0.25) is 0 Å². The van der Waals surface area contributed by atoms with E-state index in [1.165, 1.54) is 6.92 Å². The van der Waals surface area contributed by atoms with Crippen molar-refractivity contribution < 1.29 is 19.5 Å². The monoisotopic (exact) mass is 487 g/mol. The third kappa shape index (κ3) is 9.02. The quantitative estimate of drug-likeness (QED) is 0.231. The van der Waals surface area contributed by atoms with E-state index >= 15 is 0 Å². The van der Waals surface area contributed by atoms with Crippen LogP contribution < -0.4 is 27.0 Å². The smallest absolute Gasteiger partial charge is 0.312 e. The molecular formula is C24H37N7O4. The molecular weight excluding hydrogens is 450 g/mol. The summed E-state index contributed by atoms with van der Waals surface area (Å²) in [5.74, 6) is -0.204. The highest BCUT2D eigenvalue weighted by molar-refractivity contribution is 5.94. The molecule has 0 radical (unpaired) electrons. The number of nitrogens with zero attached hydrogens (tertiary/aromatic N) is 2. The first kappa shape index (κ1) is 27.8. The van der Waals surface area contributed by atoms with Crippen LogP contribution in [-0.2, 0) is 16.6 Å². The Hall–Kier alpha value is -3.44. The number of primary amides is 1. The van der Waals surface area contributed by atoms with Gasteiger partial charge in [0, 0.05) is 45.0 Å². The SMILES string of the molecule is CC(=O)N[C@H](CN[C@@H](CCCNC(N)=O)C(=O)Nc1ccc(C(O)c2ccnn2C)cc1)C(C)C. The number of anilines is 1. The molecule has 1 unspecified atom stereocenters. The van der Waals surface area contributed by atoms with Gasteiger partial charge in [-0.15, -0.1) is 0 Å². The first-order valence-electron chi connectivity index (χ1n) is 11.7. The van der Waals surface area contributed by atoms with Crippen molar-refractivity contribution in [3.8, 4) is 0 Å². The number of hydrogen-bond donors (Lipinski definition) is 6. The van der Waals surface area contributed by atoms with Gasteiger partial charge < -0.3 is 32.1 Å². The molecule has 1 aromatic carbocycles. The minimum absolute atomic E-state index is 0.134. The number of aryl methyl sites for hydroxylation is 1. The normalized spacial score (nSPS) is 13.7. The number of aromatic nitrogens is 2. The molecule has 1 aromatic heterocycles. The van der Waals surface area contributed by atoms with Crippen LogP contribution in [0.5, 0.6) is 0 Å². The minimum atomic E-state index is -0.832. The van der Waals surface area contributed by atoms with Crippen LogP contribution in [0, 0.1) is 5.92 Å². The lowest BCUT2D eigenvalue weighted by atomic mass is 10.0. The van der Waals surface area contributed by atoms with E-state index < -0.39 is 18.2 Å². The fourth-order valence-corrected chi connectivity index (χ4v) is 3.63. The number of aliphatic hydroxyl groups excluding tert-OH is 1. The molecule has 192 valence electrons. The number of benzene rings is 1. The molecule has 1 heterocycles. The Morgan fingerprint density at radius 2 is 1.83 bits per heavy atom. The summed E-state index contributed by atoms with van der Waals surface area (Å²) in [6, 6.07) is 7.39. The number of nitrogens with two attached hydrogens (primary N) is 1. The Balaban J connectivity index is 2.04. The fraction of sp³-hybridized carbons (Fsp3) is 0.500. The maximum Gasteiger partial charge on any atom is 0.312 e. The molecule has 35 heavy (non-hydrogen) atoms. The Labute approximate surface area is 205 Å². The Morgan fingerprint density at radius 3 is 2.37 bits per heavy atom. The lowest BCUT2D eigenvalue weighted by molar-refractivity contribution is -0.119. The molecule has 11 nitrogen and oxygen atoms in total. The van der Waals surface area contributed by atoms with Crippen LogP contribution in [-0.4, -0.2) is 57.9 Å². The van der Waals surface area contributed by atoms with Crippen LogP contribution in [0.3, 0.4) is 0 Å². The summed E-state index contributed by atoms with van der Waals surface area (Å²) in [4.78, 5) is 35.5. The summed E-state index contributed by atoms with van der Waals surface area (Å²) >= 11 is 0. The van der Waals surface area contributed by atoms with Crippen LogP contribution in [0.25, 0.3) is 0 Å². The van der Waals surface area contributed by atoms with Crippen LogP contribution >= 0.6 is 0 Å². The molecule has 0 aliphatic heterocycles. The van der Waals surface area contributed by atoms with E-state index in [-0.39, 0.29) is 23.8 Å². The summed E-state index contributed by atoms with van der Waals surface area (Å²) in [5, 5.41) is 26.2. The first-order valence-corrected chi connectivity index (χ1v) is 11.7. The van der Waals surface area contributed by atoms with E-state index in [4.69, 9.17) is 5.73 Å². The molecule has 7 N–H and O–H groups in total. The van der Waals surface area contributed by atoms with Crippen molar-refractivity contribution in [3.63, 3.8) is 0 Å². The fourth-order valence-electron chi connectivity index (χ4n) is 3.63. The standard InChI is InChI=1S/C24H37N7O4/c1-15(2)20(29-16(3)32)14-27-19(6-5-12-26-24(25)35)23(34)30-18-9-7-17(8-10-18)22(33)21-11-13-28-31(21)4/h7-11,13,15,19-20,22,27,33H,5-6,12,14H2,1-4H3,(H,29,32)(H,30,34)(H3,25,26,35)/t19-,20+,22?/m0/s1. The number of nitrogens with one attached hydrogen (secondary N) is 4. The third-order valence-corrected chi connectivity index (χ3v) is 5.70. The van der Waals surface area contributed by atoms with Gasteiger partial charge in [0.25, 0.3) is 0 Å². The van der Waals surface area contributed by atoms with E-state index in [1.807, 2.05) is 13.8 Å². The average molecular weight is 488 g/mol. The van der Waals surface area contributed by atoms with Crippen molar-refractivity contribution in [3.05, 3.63) is 47.8 Å². The van der Waals surface area contributed by atoms with Gasteiger partial charge in [-0.2, -0.15) is 5.10 Å². The molecule has 0 fully saturated rings. The van der Waals surface area contributed by atoms with Gasteiger partial charge in [0.05, 0.1) is 11.7 Å². The van der Waals surface area contributed by atoms with Gasteiger partial charge in [-0.05, 0) is 42.5 Å². The zero-order chi connectivity index (χ0) is 26.0. The number of carbonyl (C=O) groups excluding carboxylic acids is 3. The lowest BCUT2D eigenvalue weighted by Gasteiger charge is -2.26. The van der Waals surface area contributed by atoms with E-state index in [1.54, 1.807) is 48.3 Å². The molecule has 3 atom stereocenters. The largest absolute Gasteiger partial charge is 0.382 e. The summed E-state index contributed by atoms with van der Waals surface area (Å²) in [5.41, 5.74) is 7.03. The van der Waals surface area contributed by atoms with Crippen molar-refractivity contribution >= 4 is 23.5 Å². The third-order valence-electron chi connectivity index (χ3n) is 5.70. The number of aliphatic hydroxyl groups is 1. The molecule has 0 saturated carbocycles. The van der Waals surface area contributed by atoms with Crippen molar-refractivity contribution in [1.82, 2.24) is 25.7 Å². The van der Waals surface area contributed by atoms with Gasteiger partial charge >= 0.3 is 6.03 Å². The number of urea groups is 1. The minimum Gasteiger partial charge on any atom is -0.382 e. The summed E-state index contributed by atoms with van der Waals surface area (Å²) < 4.78 is 1.61. The van der Waals surface area contributed by atoms with E-state index in [2.05, 4.69) is 26.4 Å². The van der Waals surface area contributed by atoms with Crippen molar-refractivity contribution in [1.29, 1.82) is 0 Å². The van der Waals surface area contributed by atoms with E-state index in [9.17, 15) is 19.5 Å². The Bertz CT molecular complexity index is 975. The molecule has 0 saturated heterocycles. The maximum absolute atomic E-state index is 13.1. The van der Waals surface area contributed by atoms with Crippen molar-refractivity contribution in [2.24, 2.45) is 18.7 Å². The highest BCUT2D eigenvalue weighted by Crippen LogP contribution is 2.22. The lowest BCUT2D eigenvalue weighted by Crippen LogP contribution is -2.50. The molecule has 0 bridgehead atoms. The average Bonchev–Trinajstić information content (AvgIpc) is 3.22. The molecule has 2 aromatic rings. The summed E-state index contributed by atoms with van der Waals surface area (Å²) in [6.45, 7) is 6.21. The Morgan fingerprint density at radius 1 is 1.14 bits per heavy atom. The second kappa shape index (κ2) is 13.4. The van der Waals surface area contributed by atoms with E-state index in [0.717, 1.165) is 0 Å². The molecule has 11 heteroatoms. The number of rotatable bonds is 13. The summed E-state index contributed by atoms with van der Waals surface area (Å²) in [6.07, 6.45) is 1.78. The predicted molar refractivity (Wildman–Crippen MR) is 133 cm³/mol. The second-order valence-corrected chi connectivity index (χ2v) is 8.84. The predicted octanol–water partition coefficient (Wildman–Crippen LogP) is 1.01. The molecule has 0 aliphatic carbocycles. The van der Waals surface area contributed by atoms with Gasteiger partial charge in [-0.3, -0.25) is 14.3 Å². The number of hydrogen-bond acceptors (Lipinski definition) is 6. The van der Waals surface area contributed by atoms with Gasteiger partial charge in [-0.25, -0.2) is 4.79 Å². The van der Waals surface area contributed by atoms with Crippen LogP contribution in [0.1, 0.15) is 51.0 Å². The van der Waals surface area contributed by atoms with E-state index in [0.29, 0.717) is 42.9 Å². The van der Waals surface area contributed by atoms with Gasteiger partial charge in [0.2, 0.25) is 11.8 Å². The van der Waals surface area contributed by atoms with Crippen molar-refractivity contribution in [2.75, 3.05) is 18.4 Å². The zero-order valence-corrected chi connectivity index (χ0v) is 20.7. The summed E-state index contributed by atoms with van der Waals surface area (Å²) in [7, 11) is 1.76. The zero-order valence-electron chi connectivity index (χ0n) is 20.7. The number of carbonyl (C=O) groups is 3. The first-order chi connectivity index (χ1) is 16.6. The van der Waals surface area contributed by atoms with Crippen LogP contribution in [0.4, 0.5) is 10.5 Å². The molecule has 4 amide bonds. The van der Waals surface area contributed by atoms with Crippen molar-refractivity contribution in [2.45, 2.75) is 51.8 Å². The highest BCUT2D eigenvalue weighted by atomic mass is 16.3. The van der Waals surface area contributed by atoms with Gasteiger partial charge in [-0.1, -0.05) is 26.0 Å². The second-order valence-electron chi connectivity index (χ2n) is 8.84. The van der Waals surface area contributed by atoms with Crippen LogP contribution in [0.15, 0.2) is 36.5 Å². The number of amides is 4. The molecule has 2 rings (SSSR count). The highest BCUT2D eigenvalue weighted by Gasteiger charge is 2.22.